The van der Waals surface area contributed by atoms with Crippen LogP contribution in [0.3, 0.4) is 0 Å². The minimum atomic E-state index is 0.635. The number of aryl methyl sites for hydroxylation is 2. The van der Waals surface area contributed by atoms with Gasteiger partial charge in [-0.1, -0.05) is 0 Å². The first-order chi connectivity index (χ1) is 9.70. The van der Waals surface area contributed by atoms with Gasteiger partial charge in [0.05, 0.1) is 11.8 Å². The predicted octanol–water partition coefficient (Wildman–Crippen LogP) is 2.32. The Morgan fingerprint density at radius 3 is 2.70 bits per heavy atom. The van der Waals surface area contributed by atoms with Crippen LogP contribution in [0.25, 0.3) is 11.4 Å². The molecular weight excluding hydrogens is 252 g/mol. The fourth-order valence-electron chi connectivity index (χ4n) is 1.84. The maximum absolute atomic E-state index is 4.47. The van der Waals surface area contributed by atoms with Crippen LogP contribution in [0.2, 0.25) is 0 Å². The summed E-state index contributed by atoms with van der Waals surface area (Å²) < 4.78 is 1.72. The molecule has 0 fully saturated rings. The molecule has 100 valence electrons. The highest BCUT2D eigenvalue weighted by Gasteiger charge is 2.05. The van der Waals surface area contributed by atoms with Crippen molar-refractivity contribution in [1.29, 1.82) is 0 Å². The molecule has 0 aliphatic carbocycles. The first-order valence-corrected chi connectivity index (χ1v) is 6.22. The van der Waals surface area contributed by atoms with Crippen LogP contribution in [-0.4, -0.2) is 24.7 Å². The molecule has 0 unspecified atom stereocenters. The number of hydrogen-bond donors (Lipinski definition) is 1. The van der Waals surface area contributed by atoms with Gasteiger partial charge in [-0.15, -0.1) is 0 Å². The van der Waals surface area contributed by atoms with Crippen molar-refractivity contribution in [2.24, 2.45) is 7.05 Å². The van der Waals surface area contributed by atoms with Gasteiger partial charge < -0.3 is 5.32 Å². The monoisotopic (exact) mass is 266 g/mol. The number of pyridine rings is 1. The summed E-state index contributed by atoms with van der Waals surface area (Å²) in [5, 5.41) is 7.29. The summed E-state index contributed by atoms with van der Waals surface area (Å²) in [6.07, 6.45) is 7.10. The Kier molecular flexibility index (Phi) is 3.12. The molecule has 1 N–H and O–H groups in total. The molecule has 0 amide bonds. The summed E-state index contributed by atoms with van der Waals surface area (Å²) >= 11 is 0. The topological polar surface area (TPSA) is 68.5 Å². The summed E-state index contributed by atoms with van der Waals surface area (Å²) in [5.41, 5.74) is 2.03. The van der Waals surface area contributed by atoms with Gasteiger partial charge in [0.25, 0.3) is 0 Å². The van der Waals surface area contributed by atoms with Gasteiger partial charge in [0, 0.05) is 25.6 Å². The lowest BCUT2D eigenvalue weighted by molar-refractivity contribution is 0.768. The van der Waals surface area contributed by atoms with Crippen LogP contribution < -0.4 is 5.32 Å². The summed E-state index contributed by atoms with van der Waals surface area (Å²) in [6.45, 7) is 2.02. The fourth-order valence-corrected chi connectivity index (χ4v) is 1.84. The van der Waals surface area contributed by atoms with E-state index in [4.69, 9.17) is 0 Å². The molecule has 0 saturated heterocycles. The molecule has 3 heterocycles. The minimum Gasteiger partial charge on any atom is -0.325 e. The third-order valence-corrected chi connectivity index (χ3v) is 2.79. The van der Waals surface area contributed by atoms with Crippen LogP contribution >= 0.6 is 0 Å². The lowest BCUT2D eigenvalue weighted by Crippen LogP contribution is -1.98. The maximum atomic E-state index is 4.47. The Morgan fingerprint density at radius 1 is 1.10 bits per heavy atom. The van der Waals surface area contributed by atoms with Gasteiger partial charge in [-0.2, -0.15) is 5.10 Å². The molecule has 0 atom stereocenters. The van der Waals surface area contributed by atoms with Crippen LogP contribution in [0.5, 0.6) is 0 Å². The molecule has 0 bridgehead atoms. The zero-order valence-electron chi connectivity index (χ0n) is 11.3. The van der Waals surface area contributed by atoms with E-state index in [0.717, 1.165) is 16.9 Å². The Morgan fingerprint density at radius 2 is 1.95 bits per heavy atom. The van der Waals surface area contributed by atoms with E-state index in [9.17, 15) is 0 Å². The lowest BCUT2D eigenvalue weighted by Gasteiger charge is -2.06. The quantitative estimate of drug-likeness (QED) is 0.788. The van der Waals surface area contributed by atoms with Gasteiger partial charge >= 0.3 is 0 Å². The zero-order valence-corrected chi connectivity index (χ0v) is 11.3. The van der Waals surface area contributed by atoms with E-state index < -0.39 is 0 Å². The van der Waals surface area contributed by atoms with Gasteiger partial charge in [0.15, 0.2) is 5.82 Å². The highest BCUT2D eigenvalue weighted by atomic mass is 15.2. The molecule has 0 saturated carbocycles. The van der Waals surface area contributed by atoms with E-state index in [-0.39, 0.29) is 0 Å². The van der Waals surface area contributed by atoms with Gasteiger partial charge in [0.2, 0.25) is 0 Å². The van der Waals surface area contributed by atoms with Crippen molar-refractivity contribution in [3.8, 4) is 11.4 Å². The molecule has 6 nitrogen and oxygen atoms in total. The van der Waals surface area contributed by atoms with Crippen molar-refractivity contribution < 1.29 is 0 Å². The van der Waals surface area contributed by atoms with Crippen molar-refractivity contribution in [2.45, 2.75) is 6.92 Å². The average molecular weight is 266 g/mol. The number of hydrogen-bond acceptors (Lipinski definition) is 5. The van der Waals surface area contributed by atoms with Gasteiger partial charge in [0.1, 0.15) is 11.6 Å². The SMILES string of the molecule is Cc1ccnc(Nc2ccnc(-c3cnn(C)c3)n2)c1. The molecule has 0 radical (unpaired) electrons. The van der Waals surface area contributed by atoms with E-state index >= 15 is 0 Å². The number of aromatic nitrogens is 5. The Bertz CT molecular complexity index is 734. The number of anilines is 2. The Labute approximate surface area is 116 Å². The van der Waals surface area contributed by atoms with E-state index in [2.05, 4.69) is 25.4 Å². The van der Waals surface area contributed by atoms with E-state index in [1.165, 1.54) is 0 Å². The van der Waals surface area contributed by atoms with Crippen molar-refractivity contribution in [3.63, 3.8) is 0 Å². The highest BCUT2D eigenvalue weighted by molar-refractivity contribution is 5.58. The molecule has 3 aromatic rings. The molecule has 20 heavy (non-hydrogen) atoms. The average Bonchev–Trinajstić information content (AvgIpc) is 2.86. The predicted molar refractivity (Wildman–Crippen MR) is 76.5 cm³/mol. The second kappa shape index (κ2) is 5.08. The van der Waals surface area contributed by atoms with Gasteiger partial charge in [-0.05, 0) is 30.7 Å². The van der Waals surface area contributed by atoms with Crippen molar-refractivity contribution in [1.82, 2.24) is 24.7 Å². The van der Waals surface area contributed by atoms with Crippen LogP contribution in [0.4, 0.5) is 11.6 Å². The van der Waals surface area contributed by atoms with Crippen molar-refractivity contribution in [2.75, 3.05) is 5.32 Å². The van der Waals surface area contributed by atoms with Crippen LogP contribution in [0, 0.1) is 6.92 Å². The smallest absolute Gasteiger partial charge is 0.164 e. The third-order valence-electron chi connectivity index (χ3n) is 2.79. The Hall–Kier alpha value is -2.76. The number of nitrogens with zero attached hydrogens (tertiary/aromatic N) is 5. The summed E-state index contributed by atoms with van der Waals surface area (Å²) in [5.74, 6) is 2.11. The minimum absolute atomic E-state index is 0.635. The molecule has 3 aromatic heterocycles. The Balaban J connectivity index is 1.88. The second-order valence-electron chi connectivity index (χ2n) is 4.51. The van der Waals surface area contributed by atoms with Gasteiger partial charge in [-0.25, -0.2) is 15.0 Å². The van der Waals surface area contributed by atoms with E-state index in [1.54, 1.807) is 23.3 Å². The number of rotatable bonds is 3. The van der Waals surface area contributed by atoms with Crippen molar-refractivity contribution >= 4 is 11.6 Å². The third kappa shape index (κ3) is 2.64. The maximum Gasteiger partial charge on any atom is 0.164 e. The summed E-state index contributed by atoms with van der Waals surface area (Å²) in [6, 6.07) is 5.72. The van der Waals surface area contributed by atoms with Crippen LogP contribution in [-0.2, 0) is 7.05 Å². The fraction of sp³-hybridized carbons (Fsp3) is 0.143. The van der Waals surface area contributed by atoms with Gasteiger partial charge in [-0.3, -0.25) is 4.68 Å². The van der Waals surface area contributed by atoms with Crippen molar-refractivity contribution in [3.05, 3.63) is 48.5 Å². The van der Waals surface area contributed by atoms with Crippen LogP contribution in [0.1, 0.15) is 5.56 Å². The molecule has 6 heteroatoms. The highest BCUT2D eigenvalue weighted by Crippen LogP contribution is 2.17. The lowest BCUT2D eigenvalue weighted by atomic mass is 10.3. The second-order valence-corrected chi connectivity index (χ2v) is 4.51. The normalized spacial score (nSPS) is 10.5. The van der Waals surface area contributed by atoms with Crippen LogP contribution in [0.15, 0.2) is 43.0 Å². The molecule has 0 aromatic carbocycles. The molecule has 0 aliphatic heterocycles. The molecule has 3 rings (SSSR count). The first kappa shape index (κ1) is 12.3. The molecular formula is C14H14N6. The standard InChI is InChI=1S/C14H14N6/c1-10-3-5-15-13(7-10)18-12-4-6-16-14(19-12)11-8-17-20(2)9-11/h3-9H,1-2H3,(H,15,16,18,19). The summed E-state index contributed by atoms with van der Waals surface area (Å²) in [7, 11) is 1.86. The molecule has 0 spiro atoms. The zero-order chi connectivity index (χ0) is 13.9. The summed E-state index contributed by atoms with van der Waals surface area (Å²) in [4.78, 5) is 13.0. The van der Waals surface area contributed by atoms with E-state index in [0.29, 0.717) is 11.6 Å². The van der Waals surface area contributed by atoms with E-state index in [1.807, 2.05) is 38.4 Å². The largest absolute Gasteiger partial charge is 0.325 e. The first-order valence-electron chi connectivity index (χ1n) is 6.22. The molecule has 0 aliphatic rings. The number of nitrogens with one attached hydrogen (secondary N) is 1.